The van der Waals surface area contributed by atoms with Crippen LogP contribution in [0.3, 0.4) is 0 Å². The van der Waals surface area contributed by atoms with Crippen LogP contribution in [-0.4, -0.2) is 41.2 Å². The Hall–Kier alpha value is -1.41. The van der Waals surface area contributed by atoms with Gasteiger partial charge >= 0.3 is 0 Å². The van der Waals surface area contributed by atoms with Crippen molar-refractivity contribution in [3.8, 4) is 0 Å². The molecule has 0 radical (unpaired) electrons. The fourth-order valence-electron chi connectivity index (χ4n) is 2.07. The highest BCUT2D eigenvalue weighted by Crippen LogP contribution is 2.22. The van der Waals surface area contributed by atoms with Crippen molar-refractivity contribution < 1.29 is 8.42 Å². The number of nitrogens with zero attached hydrogens (tertiary/aromatic N) is 3. The van der Waals surface area contributed by atoms with Gasteiger partial charge < -0.3 is 10.3 Å². The number of hydrogen-bond donors (Lipinski definition) is 2. The molecule has 1 aromatic rings. The Morgan fingerprint density at radius 1 is 1.61 bits per heavy atom. The molecule has 2 heterocycles. The van der Waals surface area contributed by atoms with Crippen LogP contribution in [0.15, 0.2) is 17.6 Å². The molecule has 1 saturated heterocycles. The summed E-state index contributed by atoms with van der Waals surface area (Å²) in [6.45, 7) is 0.733. The van der Waals surface area contributed by atoms with Crippen molar-refractivity contribution in [3.63, 3.8) is 0 Å². The second-order valence-corrected chi connectivity index (χ2v) is 6.42. The predicted octanol–water partition coefficient (Wildman–Crippen LogP) is -0.243. The average molecular weight is 271 g/mol. The molecule has 8 heteroatoms. The zero-order valence-electron chi connectivity index (χ0n) is 10.2. The Kier molecular flexibility index (Phi) is 3.40. The maximum absolute atomic E-state index is 12.3. The second kappa shape index (κ2) is 4.69. The number of aromatic nitrogens is 2. The number of hydrogen-bond acceptors (Lipinski definition) is 4. The molecule has 7 nitrogen and oxygen atoms in total. The van der Waals surface area contributed by atoms with E-state index in [2.05, 4.69) is 4.98 Å². The highest BCUT2D eigenvalue weighted by Gasteiger charge is 2.32. The van der Waals surface area contributed by atoms with Gasteiger partial charge in [-0.3, -0.25) is 5.41 Å². The summed E-state index contributed by atoms with van der Waals surface area (Å²) in [7, 11) is -1.84. The molecule has 0 amide bonds. The zero-order chi connectivity index (χ0) is 13.3. The van der Waals surface area contributed by atoms with Crippen molar-refractivity contribution in [2.45, 2.75) is 17.9 Å². The molecule has 0 aliphatic carbocycles. The minimum Gasteiger partial charge on any atom is -0.387 e. The van der Waals surface area contributed by atoms with Gasteiger partial charge in [0, 0.05) is 32.3 Å². The molecule has 1 fully saturated rings. The number of nitrogens with two attached hydrogens (primary N) is 1. The van der Waals surface area contributed by atoms with Gasteiger partial charge in [-0.15, -0.1) is 0 Å². The van der Waals surface area contributed by atoms with E-state index in [0.717, 1.165) is 12.8 Å². The van der Waals surface area contributed by atoms with Gasteiger partial charge in [-0.1, -0.05) is 0 Å². The lowest BCUT2D eigenvalue weighted by Gasteiger charge is -2.30. The smallest absolute Gasteiger partial charge is 0.262 e. The van der Waals surface area contributed by atoms with Crippen LogP contribution in [0.5, 0.6) is 0 Å². The molecule has 2 rings (SSSR count). The lowest BCUT2D eigenvalue weighted by Crippen LogP contribution is -2.43. The average Bonchev–Trinajstić information content (AvgIpc) is 2.77. The van der Waals surface area contributed by atoms with Crippen molar-refractivity contribution in [2.24, 2.45) is 18.7 Å². The van der Waals surface area contributed by atoms with E-state index in [0.29, 0.717) is 6.54 Å². The topological polar surface area (TPSA) is 105 Å². The van der Waals surface area contributed by atoms with E-state index in [1.165, 1.54) is 16.8 Å². The van der Waals surface area contributed by atoms with Crippen LogP contribution >= 0.6 is 0 Å². The third kappa shape index (κ3) is 2.39. The highest BCUT2D eigenvalue weighted by atomic mass is 32.2. The molecular weight excluding hydrogens is 254 g/mol. The minimum absolute atomic E-state index is 0.0502. The van der Waals surface area contributed by atoms with Crippen LogP contribution < -0.4 is 5.73 Å². The van der Waals surface area contributed by atoms with Gasteiger partial charge in [-0.25, -0.2) is 13.4 Å². The van der Waals surface area contributed by atoms with Crippen molar-refractivity contribution in [1.29, 1.82) is 5.41 Å². The Balaban J connectivity index is 2.22. The van der Waals surface area contributed by atoms with Gasteiger partial charge in [-0.05, 0) is 12.8 Å². The molecule has 3 N–H and O–H groups in total. The van der Waals surface area contributed by atoms with Crippen LogP contribution in [0, 0.1) is 11.3 Å². The molecule has 100 valence electrons. The van der Waals surface area contributed by atoms with Crippen molar-refractivity contribution in [1.82, 2.24) is 13.9 Å². The normalized spacial score (nSPS) is 21.9. The SMILES string of the molecule is Cn1cnc(S(=O)(=O)N2CCCC(C(=N)N)C2)c1. The fourth-order valence-corrected chi connectivity index (χ4v) is 3.56. The number of nitrogens with one attached hydrogen (secondary N) is 1. The molecule has 1 atom stereocenters. The zero-order valence-corrected chi connectivity index (χ0v) is 11.0. The molecule has 0 bridgehead atoms. The van der Waals surface area contributed by atoms with Crippen LogP contribution in [0.1, 0.15) is 12.8 Å². The summed E-state index contributed by atoms with van der Waals surface area (Å²) in [4.78, 5) is 3.88. The Labute approximate surface area is 106 Å². The molecule has 0 aromatic carbocycles. The number of amidine groups is 1. The van der Waals surface area contributed by atoms with E-state index < -0.39 is 10.0 Å². The van der Waals surface area contributed by atoms with Gasteiger partial charge in [0.25, 0.3) is 10.0 Å². The molecule has 1 unspecified atom stereocenters. The number of sulfonamides is 1. The summed E-state index contributed by atoms with van der Waals surface area (Å²) in [5, 5.41) is 7.48. The summed E-state index contributed by atoms with van der Waals surface area (Å²) in [5.74, 6) is -0.131. The van der Waals surface area contributed by atoms with Gasteiger partial charge in [0.15, 0.2) is 5.03 Å². The molecule has 1 aliphatic rings. The van der Waals surface area contributed by atoms with E-state index in [4.69, 9.17) is 11.1 Å². The van der Waals surface area contributed by atoms with E-state index >= 15 is 0 Å². The molecule has 1 aliphatic heterocycles. The van der Waals surface area contributed by atoms with Gasteiger partial charge in [0.2, 0.25) is 0 Å². The van der Waals surface area contributed by atoms with E-state index in [9.17, 15) is 8.42 Å². The second-order valence-electron chi connectivity index (χ2n) is 4.53. The molecule has 0 saturated carbocycles. The highest BCUT2D eigenvalue weighted by molar-refractivity contribution is 7.89. The van der Waals surface area contributed by atoms with Gasteiger partial charge in [0.1, 0.15) is 0 Å². The number of aryl methyl sites for hydroxylation is 1. The predicted molar refractivity (Wildman–Crippen MR) is 66.6 cm³/mol. The quantitative estimate of drug-likeness (QED) is 0.584. The number of rotatable bonds is 3. The largest absolute Gasteiger partial charge is 0.387 e. The van der Waals surface area contributed by atoms with E-state index in [1.54, 1.807) is 11.6 Å². The Morgan fingerprint density at radius 3 is 2.89 bits per heavy atom. The first-order chi connectivity index (χ1) is 8.41. The summed E-state index contributed by atoms with van der Waals surface area (Å²) in [6, 6.07) is 0. The monoisotopic (exact) mass is 271 g/mol. The first-order valence-electron chi connectivity index (χ1n) is 5.73. The standard InChI is InChI=1S/C10H17N5O2S/c1-14-6-9(13-7-14)18(16,17)15-4-2-3-8(5-15)10(11)12/h6-8H,2-5H2,1H3,(H3,11,12). The van der Waals surface area contributed by atoms with E-state index in [-0.39, 0.29) is 23.3 Å². The summed E-state index contributed by atoms with van der Waals surface area (Å²) >= 11 is 0. The van der Waals surface area contributed by atoms with Crippen molar-refractivity contribution in [3.05, 3.63) is 12.5 Å². The van der Waals surface area contributed by atoms with Crippen LogP contribution in [0.25, 0.3) is 0 Å². The summed E-state index contributed by atoms with van der Waals surface area (Å²) in [6.07, 6.45) is 4.42. The number of piperidine rings is 1. The third-order valence-corrected chi connectivity index (χ3v) is 4.86. The van der Waals surface area contributed by atoms with Crippen molar-refractivity contribution >= 4 is 15.9 Å². The van der Waals surface area contributed by atoms with Crippen LogP contribution in [-0.2, 0) is 17.1 Å². The Morgan fingerprint density at radius 2 is 2.33 bits per heavy atom. The van der Waals surface area contributed by atoms with Crippen molar-refractivity contribution in [2.75, 3.05) is 13.1 Å². The lowest BCUT2D eigenvalue weighted by molar-refractivity contribution is 0.309. The van der Waals surface area contributed by atoms with Crippen LogP contribution in [0.2, 0.25) is 0 Å². The molecule has 18 heavy (non-hydrogen) atoms. The van der Waals surface area contributed by atoms with Gasteiger partial charge in [-0.2, -0.15) is 4.31 Å². The summed E-state index contributed by atoms with van der Waals surface area (Å²) < 4.78 is 27.6. The lowest BCUT2D eigenvalue weighted by atomic mass is 9.99. The fraction of sp³-hybridized carbons (Fsp3) is 0.600. The number of imidazole rings is 1. The van der Waals surface area contributed by atoms with E-state index in [1.807, 2.05) is 0 Å². The van der Waals surface area contributed by atoms with Crippen LogP contribution in [0.4, 0.5) is 0 Å². The first kappa shape index (κ1) is 13.0. The molecule has 1 aromatic heterocycles. The maximum Gasteiger partial charge on any atom is 0.262 e. The molecular formula is C10H17N5O2S. The maximum atomic E-state index is 12.3. The Bertz CT molecular complexity index is 550. The van der Waals surface area contributed by atoms with Gasteiger partial charge in [0.05, 0.1) is 12.2 Å². The summed E-state index contributed by atoms with van der Waals surface area (Å²) in [5.41, 5.74) is 5.46. The third-order valence-electron chi connectivity index (χ3n) is 3.11. The molecule has 0 spiro atoms. The first-order valence-corrected chi connectivity index (χ1v) is 7.17. The minimum atomic E-state index is -3.56.